The summed E-state index contributed by atoms with van der Waals surface area (Å²) in [6, 6.07) is 9.88. The highest BCUT2D eigenvalue weighted by atomic mass is 35.5. The molecule has 3 aromatic rings. The molecular formula is C27H27ClFN5O4. The predicted molar refractivity (Wildman–Crippen MR) is 141 cm³/mol. The van der Waals surface area contributed by atoms with Crippen LogP contribution >= 0.6 is 11.6 Å². The number of methoxy groups -OCH3 is 1. The van der Waals surface area contributed by atoms with Gasteiger partial charge in [0.25, 0.3) is 5.91 Å². The number of amides is 2. The Bertz CT molecular complexity index is 1390. The van der Waals surface area contributed by atoms with E-state index in [9.17, 15) is 18.8 Å². The standard InChI is InChI=1S/C27H27ClFN5O4/c1-15(2)16-7-5-6-8-18(16)27(13-34(14-27)23-12-31-22(11-32-23)25(36)38-4)26(37)33-21-10-20(29)19(28)9-17(21)24(35)30-3/h5-12,15H,13-14H2,1-4H3,(H,30,35)(H,33,37). The van der Waals surface area contributed by atoms with Crippen molar-refractivity contribution >= 4 is 40.9 Å². The van der Waals surface area contributed by atoms with Gasteiger partial charge in [-0.25, -0.2) is 19.2 Å². The Morgan fingerprint density at radius 2 is 1.84 bits per heavy atom. The van der Waals surface area contributed by atoms with Crippen molar-refractivity contribution in [2.75, 3.05) is 37.5 Å². The molecule has 38 heavy (non-hydrogen) atoms. The first-order valence-corrected chi connectivity index (χ1v) is 12.3. The molecule has 198 valence electrons. The van der Waals surface area contributed by atoms with E-state index >= 15 is 0 Å². The average molecular weight is 540 g/mol. The second-order valence-electron chi connectivity index (χ2n) is 9.28. The number of benzene rings is 2. The number of rotatable bonds is 7. The minimum absolute atomic E-state index is 0.0123. The van der Waals surface area contributed by atoms with E-state index in [0.717, 1.165) is 17.2 Å². The van der Waals surface area contributed by atoms with Crippen LogP contribution in [-0.4, -0.2) is 55.0 Å². The molecule has 1 aromatic heterocycles. The van der Waals surface area contributed by atoms with E-state index in [1.807, 2.05) is 43.0 Å². The lowest BCUT2D eigenvalue weighted by atomic mass is 9.69. The van der Waals surface area contributed by atoms with Crippen molar-refractivity contribution in [3.63, 3.8) is 0 Å². The van der Waals surface area contributed by atoms with Crippen LogP contribution in [0.15, 0.2) is 48.8 Å². The first kappa shape index (κ1) is 27.0. The zero-order chi connectivity index (χ0) is 27.6. The van der Waals surface area contributed by atoms with Gasteiger partial charge in [0.1, 0.15) is 17.1 Å². The first-order chi connectivity index (χ1) is 18.1. The van der Waals surface area contributed by atoms with Gasteiger partial charge in [-0.15, -0.1) is 0 Å². The number of halogens is 2. The Morgan fingerprint density at radius 3 is 2.45 bits per heavy atom. The highest BCUT2D eigenvalue weighted by molar-refractivity contribution is 6.31. The number of carbonyl (C=O) groups is 3. The summed E-state index contributed by atoms with van der Waals surface area (Å²) >= 11 is 5.91. The van der Waals surface area contributed by atoms with Gasteiger partial charge in [-0.2, -0.15) is 0 Å². The second kappa shape index (κ2) is 10.7. The van der Waals surface area contributed by atoms with E-state index in [0.29, 0.717) is 5.82 Å². The molecule has 0 atom stereocenters. The van der Waals surface area contributed by atoms with Crippen LogP contribution in [0.3, 0.4) is 0 Å². The van der Waals surface area contributed by atoms with Gasteiger partial charge in [0.15, 0.2) is 5.69 Å². The molecule has 1 saturated heterocycles. The van der Waals surface area contributed by atoms with Crippen molar-refractivity contribution in [2.45, 2.75) is 25.2 Å². The van der Waals surface area contributed by atoms with Crippen LogP contribution in [-0.2, 0) is 14.9 Å². The van der Waals surface area contributed by atoms with Crippen molar-refractivity contribution in [1.82, 2.24) is 15.3 Å². The summed E-state index contributed by atoms with van der Waals surface area (Å²) in [5.74, 6) is -1.69. The van der Waals surface area contributed by atoms with E-state index < -0.39 is 29.0 Å². The maximum absolute atomic E-state index is 14.4. The lowest BCUT2D eigenvalue weighted by molar-refractivity contribution is -0.122. The number of hydrogen-bond donors (Lipinski definition) is 2. The van der Waals surface area contributed by atoms with Crippen LogP contribution in [0, 0.1) is 5.82 Å². The Kier molecular flexibility index (Phi) is 7.63. The molecule has 2 amide bonds. The molecule has 11 heteroatoms. The second-order valence-corrected chi connectivity index (χ2v) is 9.68. The van der Waals surface area contributed by atoms with Crippen molar-refractivity contribution in [2.24, 2.45) is 0 Å². The van der Waals surface area contributed by atoms with Gasteiger partial charge >= 0.3 is 5.97 Å². The minimum atomic E-state index is -1.04. The van der Waals surface area contributed by atoms with Gasteiger partial charge in [-0.3, -0.25) is 9.59 Å². The monoisotopic (exact) mass is 539 g/mol. The smallest absolute Gasteiger partial charge is 0.358 e. The Hall–Kier alpha value is -4.05. The van der Waals surface area contributed by atoms with Crippen LogP contribution in [0.1, 0.15) is 51.7 Å². The lowest BCUT2D eigenvalue weighted by Crippen LogP contribution is -2.66. The third-order valence-corrected chi connectivity index (χ3v) is 6.88. The van der Waals surface area contributed by atoms with Gasteiger partial charge in [0, 0.05) is 20.1 Å². The molecule has 1 fully saturated rings. The summed E-state index contributed by atoms with van der Waals surface area (Å²) in [5.41, 5.74) is 0.886. The third-order valence-electron chi connectivity index (χ3n) is 6.59. The fourth-order valence-corrected chi connectivity index (χ4v) is 4.71. The van der Waals surface area contributed by atoms with Gasteiger partial charge in [-0.1, -0.05) is 49.7 Å². The van der Waals surface area contributed by atoms with E-state index in [1.54, 1.807) is 0 Å². The maximum Gasteiger partial charge on any atom is 0.358 e. The Labute approximate surface area is 224 Å². The molecule has 0 bridgehead atoms. The average Bonchev–Trinajstić information content (AvgIpc) is 2.89. The molecular weight excluding hydrogens is 513 g/mol. The van der Waals surface area contributed by atoms with Crippen LogP contribution in [0.5, 0.6) is 0 Å². The normalized spacial score (nSPS) is 14.0. The fourth-order valence-electron chi connectivity index (χ4n) is 4.55. The Balaban J connectivity index is 1.72. The van der Waals surface area contributed by atoms with Crippen molar-refractivity contribution in [3.05, 3.63) is 82.0 Å². The van der Waals surface area contributed by atoms with Gasteiger partial charge in [0.05, 0.1) is 35.8 Å². The van der Waals surface area contributed by atoms with E-state index in [2.05, 4.69) is 25.3 Å². The number of aromatic nitrogens is 2. The van der Waals surface area contributed by atoms with E-state index in [4.69, 9.17) is 11.6 Å². The van der Waals surface area contributed by atoms with Crippen LogP contribution in [0.4, 0.5) is 15.9 Å². The third kappa shape index (κ3) is 4.91. The van der Waals surface area contributed by atoms with E-state index in [-0.39, 0.29) is 41.0 Å². The largest absolute Gasteiger partial charge is 0.464 e. The lowest BCUT2D eigenvalue weighted by Gasteiger charge is -2.50. The van der Waals surface area contributed by atoms with Crippen LogP contribution < -0.4 is 15.5 Å². The molecule has 1 aliphatic rings. The summed E-state index contributed by atoms with van der Waals surface area (Å²) < 4.78 is 19.1. The SMILES string of the molecule is CNC(=O)c1cc(Cl)c(F)cc1NC(=O)C1(c2ccccc2C(C)C)CN(c2cnc(C(=O)OC)cn2)C1. The molecule has 0 radical (unpaired) electrons. The molecule has 2 heterocycles. The maximum atomic E-state index is 14.4. The van der Waals surface area contributed by atoms with Crippen LogP contribution in [0.2, 0.25) is 5.02 Å². The molecule has 0 unspecified atom stereocenters. The topological polar surface area (TPSA) is 114 Å². The molecule has 2 N–H and O–H groups in total. The van der Waals surface area contributed by atoms with Crippen molar-refractivity contribution in [3.8, 4) is 0 Å². The molecule has 0 saturated carbocycles. The molecule has 4 rings (SSSR count). The van der Waals surface area contributed by atoms with Crippen molar-refractivity contribution < 1.29 is 23.5 Å². The zero-order valence-electron chi connectivity index (χ0n) is 21.3. The number of nitrogens with zero attached hydrogens (tertiary/aromatic N) is 3. The molecule has 0 spiro atoms. The summed E-state index contributed by atoms with van der Waals surface area (Å²) in [6.07, 6.45) is 2.76. The summed E-state index contributed by atoms with van der Waals surface area (Å²) in [7, 11) is 2.69. The number of ether oxygens (including phenoxy) is 1. The number of esters is 1. The molecule has 2 aromatic carbocycles. The summed E-state index contributed by atoms with van der Waals surface area (Å²) in [6.45, 7) is 4.55. The van der Waals surface area contributed by atoms with Gasteiger partial charge in [0.2, 0.25) is 5.91 Å². The van der Waals surface area contributed by atoms with Gasteiger partial charge in [-0.05, 0) is 29.2 Å². The summed E-state index contributed by atoms with van der Waals surface area (Å²) in [5, 5.41) is 5.03. The fraction of sp³-hybridized carbons (Fsp3) is 0.296. The minimum Gasteiger partial charge on any atom is -0.464 e. The number of hydrogen-bond acceptors (Lipinski definition) is 7. The summed E-state index contributed by atoms with van der Waals surface area (Å²) in [4.78, 5) is 48.4. The highest BCUT2D eigenvalue weighted by Crippen LogP contribution is 2.41. The van der Waals surface area contributed by atoms with Gasteiger partial charge < -0.3 is 20.3 Å². The number of nitrogens with one attached hydrogen (secondary N) is 2. The van der Waals surface area contributed by atoms with E-state index in [1.165, 1.54) is 32.6 Å². The van der Waals surface area contributed by atoms with Crippen LogP contribution in [0.25, 0.3) is 0 Å². The molecule has 0 aliphatic carbocycles. The molecule has 1 aliphatic heterocycles. The predicted octanol–water partition coefficient (Wildman–Crippen LogP) is 3.94. The Morgan fingerprint density at radius 1 is 1.13 bits per heavy atom. The quantitative estimate of drug-likeness (QED) is 0.437. The van der Waals surface area contributed by atoms with Crippen molar-refractivity contribution in [1.29, 1.82) is 0 Å². The first-order valence-electron chi connectivity index (χ1n) is 11.9. The zero-order valence-corrected chi connectivity index (χ0v) is 22.1. The number of anilines is 2. The highest BCUT2D eigenvalue weighted by Gasteiger charge is 2.52. The molecule has 9 nitrogen and oxygen atoms in total. The number of carbonyl (C=O) groups excluding carboxylic acids is 3.